The number of hydrogen-bond donors (Lipinski definition) is 2. The Labute approximate surface area is 118 Å². The fourth-order valence-corrected chi connectivity index (χ4v) is 2.49. The van der Waals surface area contributed by atoms with E-state index in [1.165, 1.54) is 0 Å². The topological polar surface area (TPSA) is 71.2 Å². The molecule has 1 unspecified atom stereocenters. The van der Waals surface area contributed by atoms with E-state index in [0.29, 0.717) is 12.2 Å². The van der Waals surface area contributed by atoms with Crippen molar-refractivity contribution in [2.45, 2.75) is 13.3 Å². The van der Waals surface area contributed by atoms with Crippen LogP contribution in [0.1, 0.15) is 19.0 Å². The molecule has 3 N–H and O–H groups in total. The molecule has 102 valence electrons. The Kier molecular flexibility index (Phi) is 3.71. The van der Waals surface area contributed by atoms with E-state index in [-0.39, 0.29) is 16.3 Å². The first-order valence-corrected chi connectivity index (χ1v) is 6.61. The van der Waals surface area contributed by atoms with E-state index in [2.05, 4.69) is 15.2 Å². The van der Waals surface area contributed by atoms with Crippen LogP contribution in [-0.2, 0) is 4.79 Å². The molecule has 6 heteroatoms. The van der Waals surface area contributed by atoms with Crippen molar-refractivity contribution >= 4 is 28.9 Å². The molecule has 1 fully saturated rings. The molecule has 1 aliphatic rings. The lowest BCUT2D eigenvalue weighted by molar-refractivity contribution is -0.128. The van der Waals surface area contributed by atoms with Crippen molar-refractivity contribution < 1.29 is 4.79 Å². The van der Waals surface area contributed by atoms with Crippen molar-refractivity contribution in [3.05, 3.63) is 23.9 Å². The second-order valence-electron chi connectivity index (χ2n) is 5.06. The summed E-state index contributed by atoms with van der Waals surface area (Å²) in [6, 6.07) is 5.59. The van der Waals surface area contributed by atoms with Crippen LogP contribution in [0.5, 0.6) is 0 Å². The Morgan fingerprint density at radius 3 is 2.95 bits per heavy atom. The van der Waals surface area contributed by atoms with Gasteiger partial charge in [0.05, 0.1) is 11.1 Å². The summed E-state index contributed by atoms with van der Waals surface area (Å²) in [5.74, 6) is 0.887. The monoisotopic (exact) mass is 278 g/mol. The van der Waals surface area contributed by atoms with Gasteiger partial charge in [0, 0.05) is 20.1 Å². The number of rotatable bonds is 3. The van der Waals surface area contributed by atoms with Gasteiger partial charge in [0.1, 0.15) is 10.8 Å². The van der Waals surface area contributed by atoms with Crippen LogP contribution in [0.15, 0.2) is 18.2 Å². The molecule has 1 atom stereocenters. The molecule has 19 heavy (non-hydrogen) atoms. The zero-order chi connectivity index (χ0) is 14.0. The van der Waals surface area contributed by atoms with Crippen molar-refractivity contribution in [1.82, 2.24) is 10.3 Å². The number of carbonyl (C=O) groups is 1. The number of nitrogens with one attached hydrogen (secondary N) is 1. The molecule has 0 radical (unpaired) electrons. The molecule has 2 heterocycles. The van der Waals surface area contributed by atoms with E-state index in [1.807, 2.05) is 19.1 Å². The van der Waals surface area contributed by atoms with Gasteiger partial charge in [-0.2, -0.15) is 0 Å². The number of hydrogen-bond acceptors (Lipinski definition) is 4. The summed E-state index contributed by atoms with van der Waals surface area (Å²) in [5.41, 5.74) is 5.84. The van der Waals surface area contributed by atoms with Crippen molar-refractivity contribution in [3.63, 3.8) is 0 Å². The molecule has 5 nitrogen and oxygen atoms in total. The molecule has 1 saturated heterocycles. The third-order valence-electron chi connectivity index (χ3n) is 3.56. The molecule has 1 aromatic rings. The van der Waals surface area contributed by atoms with E-state index in [0.717, 1.165) is 18.8 Å². The normalized spacial score (nSPS) is 22.3. The Bertz CT molecular complexity index is 519. The predicted molar refractivity (Wildman–Crippen MR) is 79.1 cm³/mol. The van der Waals surface area contributed by atoms with Crippen LogP contribution in [0.25, 0.3) is 0 Å². The Hall–Kier alpha value is -1.69. The number of carbonyl (C=O) groups excluding carboxylic acids is 1. The standard InChI is InChI=1S/C13H18N4OS/c1-13(12(18)15-2)6-7-17(8-13)10-5-3-4-9(16-10)11(14)19/h3-5H,6-8H2,1-2H3,(H2,14,19)(H,15,18). The molecule has 0 spiro atoms. The van der Waals surface area contributed by atoms with E-state index >= 15 is 0 Å². The number of anilines is 1. The molecule has 1 aromatic heterocycles. The third kappa shape index (κ3) is 2.68. The van der Waals surface area contributed by atoms with Gasteiger partial charge >= 0.3 is 0 Å². The summed E-state index contributed by atoms with van der Waals surface area (Å²) in [7, 11) is 1.67. The summed E-state index contributed by atoms with van der Waals surface area (Å²) in [4.78, 5) is 18.7. The highest BCUT2D eigenvalue weighted by molar-refractivity contribution is 7.80. The van der Waals surface area contributed by atoms with E-state index in [1.54, 1.807) is 13.1 Å². The van der Waals surface area contributed by atoms with E-state index < -0.39 is 0 Å². The molecular weight excluding hydrogens is 260 g/mol. The van der Waals surface area contributed by atoms with Crippen molar-refractivity contribution in [2.75, 3.05) is 25.0 Å². The predicted octanol–water partition coefficient (Wildman–Crippen LogP) is 0.678. The summed E-state index contributed by atoms with van der Waals surface area (Å²) in [6.07, 6.45) is 0.811. The van der Waals surface area contributed by atoms with E-state index in [4.69, 9.17) is 18.0 Å². The fraction of sp³-hybridized carbons (Fsp3) is 0.462. The van der Waals surface area contributed by atoms with Gasteiger partial charge in [0.2, 0.25) is 5.91 Å². The lowest BCUT2D eigenvalue weighted by atomic mass is 9.89. The van der Waals surface area contributed by atoms with Gasteiger partial charge in [-0.15, -0.1) is 0 Å². The number of amides is 1. The third-order valence-corrected chi connectivity index (χ3v) is 3.77. The number of pyridine rings is 1. The Morgan fingerprint density at radius 1 is 1.58 bits per heavy atom. The molecular formula is C13H18N4OS. The SMILES string of the molecule is CNC(=O)C1(C)CCN(c2cccc(C(N)=S)n2)C1. The minimum atomic E-state index is -0.365. The highest BCUT2D eigenvalue weighted by atomic mass is 32.1. The van der Waals surface area contributed by atoms with Crippen LogP contribution in [0.3, 0.4) is 0 Å². The minimum Gasteiger partial charge on any atom is -0.388 e. The van der Waals surface area contributed by atoms with Crippen molar-refractivity contribution in [3.8, 4) is 0 Å². The van der Waals surface area contributed by atoms with Gasteiger partial charge in [-0.1, -0.05) is 18.3 Å². The zero-order valence-corrected chi connectivity index (χ0v) is 12.0. The smallest absolute Gasteiger partial charge is 0.227 e. The largest absolute Gasteiger partial charge is 0.388 e. The van der Waals surface area contributed by atoms with Gasteiger partial charge in [0.25, 0.3) is 0 Å². The van der Waals surface area contributed by atoms with Crippen LogP contribution < -0.4 is 16.0 Å². The van der Waals surface area contributed by atoms with Crippen molar-refractivity contribution in [2.24, 2.45) is 11.1 Å². The van der Waals surface area contributed by atoms with Gasteiger partial charge < -0.3 is 16.0 Å². The minimum absolute atomic E-state index is 0.0699. The van der Waals surface area contributed by atoms with Crippen LogP contribution in [0.4, 0.5) is 5.82 Å². The lowest BCUT2D eigenvalue weighted by Crippen LogP contribution is -2.39. The van der Waals surface area contributed by atoms with Crippen molar-refractivity contribution in [1.29, 1.82) is 0 Å². The van der Waals surface area contributed by atoms with Gasteiger partial charge in [-0.05, 0) is 25.5 Å². The molecule has 0 bridgehead atoms. The van der Waals surface area contributed by atoms with E-state index in [9.17, 15) is 4.79 Å². The molecule has 1 amide bonds. The summed E-state index contributed by atoms with van der Waals surface area (Å²) >= 11 is 4.93. The number of nitrogens with zero attached hydrogens (tertiary/aromatic N) is 2. The Balaban J connectivity index is 2.19. The maximum absolute atomic E-state index is 11.9. The maximum atomic E-state index is 11.9. The zero-order valence-electron chi connectivity index (χ0n) is 11.1. The van der Waals surface area contributed by atoms with Crippen LogP contribution in [0.2, 0.25) is 0 Å². The summed E-state index contributed by atoms with van der Waals surface area (Å²) < 4.78 is 0. The quantitative estimate of drug-likeness (QED) is 0.796. The first-order valence-electron chi connectivity index (χ1n) is 6.20. The number of nitrogens with two attached hydrogens (primary N) is 1. The van der Waals surface area contributed by atoms with Crippen LogP contribution in [0, 0.1) is 5.41 Å². The second-order valence-corrected chi connectivity index (χ2v) is 5.50. The fourth-order valence-electron chi connectivity index (χ4n) is 2.38. The molecule has 0 aromatic carbocycles. The number of aromatic nitrogens is 1. The van der Waals surface area contributed by atoms with Crippen LogP contribution in [-0.4, -0.2) is 36.0 Å². The van der Waals surface area contributed by atoms with Gasteiger partial charge in [-0.25, -0.2) is 4.98 Å². The lowest BCUT2D eigenvalue weighted by Gasteiger charge is -2.23. The molecule has 1 aliphatic heterocycles. The first-order chi connectivity index (χ1) is 8.96. The van der Waals surface area contributed by atoms with Crippen LogP contribution >= 0.6 is 12.2 Å². The average Bonchev–Trinajstić information content (AvgIpc) is 2.82. The maximum Gasteiger partial charge on any atom is 0.227 e. The summed E-state index contributed by atoms with van der Waals surface area (Å²) in [6.45, 7) is 3.43. The first kappa shape index (κ1) is 13.7. The molecule has 2 rings (SSSR count). The molecule has 0 aliphatic carbocycles. The molecule has 0 saturated carbocycles. The average molecular weight is 278 g/mol. The Morgan fingerprint density at radius 2 is 2.32 bits per heavy atom. The number of thiocarbonyl (C=S) groups is 1. The van der Waals surface area contributed by atoms with Gasteiger partial charge in [0.15, 0.2) is 0 Å². The highest BCUT2D eigenvalue weighted by Gasteiger charge is 2.40. The summed E-state index contributed by atoms with van der Waals surface area (Å²) in [5, 5.41) is 2.72. The highest BCUT2D eigenvalue weighted by Crippen LogP contribution is 2.32. The second kappa shape index (κ2) is 5.13. The van der Waals surface area contributed by atoms with Gasteiger partial charge in [-0.3, -0.25) is 4.79 Å².